The van der Waals surface area contributed by atoms with E-state index in [0.29, 0.717) is 19.8 Å². The fraction of sp³-hybridized carbons (Fsp3) is 0.900. The Bertz CT molecular complexity index is 322. The molecule has 1 aliphatic rings. The number of carbonyl (C=O) groups is 1. The molecule has 0 aromatic carbocycles. The number of likely N-dealkylation sites (N-methyl/N-ethyl adjacent to an activating group) is 1. The summed E-state index contributed by atoms with van der Waals surface area (Å²) < 4.78 is 10.2. The average Bonchev–Trinajstić information content (AvgIpc) is 2.94. The van der Waals surface area contributed by atoms with Crippen LogP contribution in [-0.4, -0.2) is 73.8 Å². The second-order valence-electron chi connectivity index (χ2n) is 3.18. The zero-order valence-electron chi connectivity index (χ0n) is 14.3. The molecule has 1 fully saturated rings. The summed E-state index contributed by atoms with van der Waals surface area (Å²) in [4.78, 5) is 57.1. The number of ether oxygens (including phenoxy) is 2. The molecule has 1 heterocycles. The molecule has 14 heteroatoms. The Balaban J connectivity index is -0.000000123. The molecule has 6 N–H and O–H groups in total. The number of aldehydes is 1. The van der Waals surface area contributed by atoms with Gasteiger partial charge in [0.15, 0.2) is 0 Å². The molecule has 0 atom stereocenters. The molecule has 10 nitrogen and oxygen atoms in total. The molecule has 150 valence electrons. The maximum atomic E-state index is 10.0. The lowest BCUT2D eigenvalue weighted by atomic mass is 10.6. The summed E-state index contributed by atoms with van der Waals surface area (Å²) in [5.41, 5.74) is 0. The summed E-state index contributed by atoms with van der Waals surface area (Å²) in [5, 5.41) is 0. The van der Waals surface area contributed by atoms with Crippen molar-refractivity contribution in [2.45, 2.75) is 34.1 Å². The first-order valence-electron chi connectivity index (χ1n) is 6.78. The Kier molecular flexibility index (Phi) is 26.8. The minimum Gasteiger partial charge on any atom is -0.337 e. The van der Waals surface area contributed by atoms with E-state index < -0.39 is 13.4 Å². The fourth-order valence-corrected chi connectivity index (χ4v) is 0.804. The number of nitrogens with zero attached hydrogens (tertiary/aromatic N) is 1. The van der Waals surface area contributed by atoms with Gasteiger partial charge in [0.25, 0.3) is 0 Å². The van der Waals surface area contributed by atoms with E-state index in [9.17, 15) is 4.79 Å². The zero-order chi connectivity index (χ0) is 20.4. The van der Waals surface area contributed by atoms with Gasteiger partial charge in [-0.2, -0.15) is 0 Å². The number of rotatable bonds is 3. The van der Waals surface area contributed by atoms with Crippen LogP contribution in [-0.2, 0) is 37.9 Å². The lowest BCUT2D eigenvalue weighted by Gasteiger charge is -2.18. The van der Waals surface area contributed by atoms with Crippen LogP contribution in [0.3, 0.4) is 0 Å². The molecule has 0 bridgehead atoms. The molecular formula is C10H29NO9P2S2. The molecule has 0 unspecified atom stereocenters. The van der Waals surface area contributed by atoms with Gasteiger partial charge in [-0.05, 0) is 30.7 Å². The van der Waals surface area contributed by atoms with Crippen molar-refractivity contribution in [3.05, 3.63) is 0 Å². The van der Waals surface area contributed by atoms with E-state index >= 15 is 0 Å². The molecule has 0 aliphatic carbocycles. The topological polar surface area (TPSA) is 160 Å². The highest BCUT2D eigenvalue weighted by Crippen LogP contribution is 2.26. The summed E-state index contributed by atoms with van der Waals surface area (Å²) in [6, 6.07) is 0. The van der Waals surface area contributed by atoms with Gasteiger partial charge in [0.05, 0.1) is 19.8 Å². The quantitative estimate of drug-likeness (QED) is 0.259. The van der Waals surface area contributed by atoms with E-state index in [1.165, 1.54) is 0 Å². The molecule has 0 aromatic rings. The van der Waals surface area contributed by atoms with Gasteiger partial charge in [0, 0.05) is 0 Å². The first kappa shape index (κ1) is 32.3. The minimum atomic E-state index is -3.81. The molecular weight excluding hydrogens is 404 g/mol. The average molecular weight is 433 g/mol. The summed E-state index contributed by atoms with van der Waals surface area (Å²) in [6.45, 7) is 1.98. The molecule has 0 saturated carbocycles. The molecule has 0 aromatic heterocycles. The van der Waals surface area contributed by atoms with Crippen LogP contribution in [0.2, 0.25) is 0 Å². The molecule has 1 rings (SSSR count). The van der Waals surface area contributed by atoms with Crippen molar-refractivity contribution in [1.82, 2.24) is 4.90 Å². The highest BCUT2D eigenvalue weighted by Gasteiger charge is 2.19. The van der Waals surface area contributed by atoms with Crippen LogP contribution in [0.5, 0.6) is 0 Å². The molecule has 24 heavy (non-hydrogen) atoms. The van der Waals surface area contributed by atoms with Gasteiger partial charge in [-0.25, -0.2) is 0 Å². The van der Waals surface area contributed by atoms with Gasteiger partial charge in [-0.1, -0.05) is 27.7 Å². The van der Waals surface area contributed by atoms with Gasteiger partial charge in [-0.3, -0.25) is 4.90 Å². The summed E-state index contributed by atoms with van der Waals surface area (Å²) in [6.07, 6.45) is 0.510. The largest absolute Gasteiger partial charge is 0.337 e. The number of carbonyl (C=O) groups excluding carboxylic acids is 1. The van der Waals surface area contributed by atoms with Crippen molar-refractivity contribution < 1.29 is 43.6 Å². The van der Waals surface area contributed by atoms with Crippen molar-refractivity contribution in [2.24, 2.45) is 0 Å². The third-order valence-corrected chi connectivity index (χ3v) is 1.33. The Hall–Kier alpha value is 0.610. The van der Waals surface area contributed by atoms with E-state index in [1.807, 2.05) is 27.7 Å². The first-order valence-corrected chi connectivity index (χ1v) is 12.1. The highest BCUT2D eigenvalue weighted by atomic mass is 32.5. The lowest BCUT2D eigenvalue weighted by molar-refractivity contribution is -0.146. The van der Waals surface area contributed by atoms with E-state index in [2.05, 4.69) is 23.6 Å². The van der Waals surface area contributed by atoms with Gasteiger partial charge >= 0.3 is 13.4 Å². The van der Waals surface area contributed by atoms with Crippen LogP contribution in [0.4, 0.5) is 0 Å². The smallest absolute Gasteiger partial charge is 0.319 e. The Morgan fingerprint density at radius 3 is 1.42 bits per heavy atom. The summed E-state index contributed by atoms with van der Waals surface area (Å²) >= 11 is 7.21. The predicted molar refractivity (Wildman–Crippen MR) is 99.0 cm³/mol. The number of hydrogen-bond donors (Lipinski definition) is 6. The first-order chi connectivity index (χ1) is 10.8. The van der Waals surface area contributed by atoms with E-state index in [-0.39, 0.29) is 6.41 Å². The normalized spacial score (nSPS) is 13.8. The molecule has 0 spiro atoms. The van der Waals surface area contributed by atoms with Gasteiger partial charge in [0.1, 0.15) is 6.29 Å². The summed E-state index contributed by atoms with van der Waals surface area (Å²) in [7, 11) is 1.78. The highest BCUT2D eigenvalue weighted by molar-refractivity contribution is 8.06. The van der Waals surface area contributed by atoms with Crippen molar-refractivity contribution in [3.63, 3.8) is 0 Å². The molecule has 1 saturated heterocycles. The van der Waals surface area contributed by atoms with Crippen molar-refractivity contribution in [1.29, 1.82) is 0 Å². The van der Waals surface area contributed by atoms with Gasteiger partial charge in [0.2, 0.25) is 6.41 Å². The van der Waals surface area contributed by atoms with E-state index in [0.717, 1.165) is 6.29 Å². The van der Waals surface area contributed by atoms with E-state index in [1.54, 1.807) is 11.9 Å². The zero-order valence-corrected chi connectivity index (χ0v) is 17.8. The Labute approximate surface area is 153 Å². The second kappa shape index (κ2) is 19.9. The fourth-order valence-electron chi connectivity index (χ4n) is 0.804. The maximum absolute atomic E-state index is 10.0. The summed E-state index contributed by atoms with van der Waals surface area (Å²) in [5.74, 6) is 0. The predicted octanol–water partition coefficient (Wildman–Crippen LogP) is -0.125. The Morgan fingerprint density at radius 1 is 0.958 bits per heavy atom. The third-order valence-electron chi connectivity index (χ3n) is 1.33. The van der Waals surface area contributed by atoms with Crippen LogP contribution >= 0.6 is 13.4 Å². The van der Waals surface area contributed by atoms with Crippen LogP contribution < -0.4 is 0 Å². The van der Waals surface area contributed by atoms with Crippen LogP contribution in [0.15, 0.2) is 0 Å². The van der Waals surface area contributed by atoms with Gasteiger partial charge in [-0.15, -0.1) is 0 Å². The Morgan fingerprint density at radius 2 is 1.21 bits per heavy atom. The third kappa shape index (κ3) is 49.5. The maximum Gasteiger partial charge on any atom is 0.319 e. The SMILES string of the molecule is CC.CC.CN(CC=O)C1OCCO1.OP(O)(O)=S.OP(O)(O)=S. The monoisotopic (exact) mass is 433 g/mol. The minimum absolute atomic E-state index is 0.315. The molecule has 0 amide bonds. The van der Waals surface area contributed by atoms with Crippen LogP contribution in [0.1, 0.15) is 27.7 Å². The van der Waals surface area contributed by atoms with E-state index in [4.69, 9.17) is 38.8 Å². The second-order valence-corrected chi connectivity index (χ2v) is 8.17. The lowest BCUT2D eigenvalue weighted by Crippen LogP contribution is -2.33. The number of hydrogen-bond acceptors (Lipinski definition) is 6. The van der Waals surface area contributed by atoms with Crippen LogP contribution in [0, 0.1) is 0 Å². The van der Waals surface area contributed by atoms with Crippen molar-refractivity contribution >= 4 is 43.3 Å². The standard InChI is InChI=1S/C6H11NO3.2C2H6.2H3O3PS/c1-7(2-3-8)6-9-4-5-10-6;2*1-2;2*1-4(2,3)5/h3,6H,2,4-5H2,1H3;2*1-2H3;2*(H3,1,2,3,5). The van der Waals surface area contributed by atoms with Gasteiger partial charge < -0.3 is 43.6 Å². The van der Waals surface area contributed by atoms with Crippen molar-refractivity contribution in [3.8, 4) is 0 Å². The van der Waals surface area contributed by atoms with Crippen LogP contribution in [0.25, 0.3) is 0 Å². The van der Waals surface area contributed by atoms with Crippen molar-refractivity contribution in [2.75, 3.05) is 26.8 Å². The molecule has 1 aliphatic heterocycles. The molecule has 0 radical (unpaired) electrons.